The van der Waals surface area contributed by atoms with E-state index in [1.807, 2.05) is 16.0 Å². The largest absolute Gasteiger partial charge is 0.354 e. The van der Waals surface area contributed by atoms with Crippen LogP contribution >= 0.6 is 11.3 Å². The van der Waals surface area contributed by atoms with Crippen molar-refractivity contribution in [1.29, 1.82) is 0 Å². The summed E-state index contributed by atoms with van der Waals surface area (Å²) in [7, 11) is 0. The van der Waals surface area contributed by atoms with E-state index in [2.05, 4.69) is 23.3 Å². The van der Waals surface area contributed by atoms with Gasteiger partial charge < -0.3 is 14.8 Å². The summed E-state index contributed by atoms with van der Waals surface area (Å²) < 4.78 is 1.89. The van der Waals surface area contributed by atoms with E-state index in [-0.39, 0.29) is 11.8 Å². The van der Waals surface area contributed by atoms with Crippen molar-refractivity contribution in [2.24, 2.45) is 0 Å². The van der Waals surface area contributed by atoms with Crippen LogP contribution in [0.2, 0.25) is 0 Å². The van der Waals surface area contributed by atoms with Gasteiger partial charge in [0.05, 0.1) is 25.1 Å². The maximum Gasteiger partial charge on any atom is 0.244 e. The number of thiophene rings is 1. The van der Waals surface area contributed by atoms with E-state index in [1.54, 1.807) is 28.8 Å². The first-order valence-electron chi connectivity index (χ1n) is 8.77. The Kier molecular flexibility index (Phi) is 5.86. The van der Waals surface area contributed by atoms with Crippen molar-refractivity contribution in [1.82, 2.24) is 19.8 Å². The quantitative estimate of drug-likeness (QED) is 0.824. The van der Waals surface area contributed by atoms with Crippen molar-refractivity contribution in [2.45, 2.75) is 45.2 Å². The summed E-state index contributed by atoms with van der Waals surface area (Å²) in [6.45, 7) is 3.62. The molecule has 1 aliphatic rings. The van der Waals surface area contributed by atoms with Gasteiger partial charge >= 0.3 is 0 Å². The third-order valence-electron chi connectivity index (χ3n) is 4.48. The predicted octanol–water partition coefficient (Wildman–Crippen LogP) is 2.38. The van der Waals surface area contributed by atoms with Gasteiger partial charge in [-0.25, -0.2) is 4.98 Å². The normalized spacial score (nSPS) is 16.5. The van der Waals surface area contributed by atoms with Gasteiger partial charge in [-0.3, -0.25) is 9.59 Å². The highest BCUT2D eigenvalue weighted by Gasteiger charge is 2.31. The Morgan fingerprint density at radius 2 is 2.32 bits per heavy atom. The number of nitrogens with zero attached hydrogens (tertiary/aromatic N) is 3. The van der Waals surface area contributed by atoms with Crippen LogP contribution < -0.4 is 5.32 Å². The lowest BCUT2D eigenvalue weighted by atomic mass is 10.1. The summed E-state index contributed by atoms with van der Waals surface area (Å²) in [4.78, 5) is 32.3. The summed E-state index contributed by atoms with van der Waals surface area (Å²) in [5.41, 5.74) is 0.912. The molecule has 0 saturated heterocycles. The molecular formula is C18H24N4O2S. The lowest BCUT2D eigenvalue weighted by Gasteiger charge is -2.33. The van der Waals surface area contributed by atoms with Gasteiger partial charge in [-0.2, -0.15) is 0 Å². The molecule has 0 radical (unpaired) electrons. The second-order valence-corrected chi connectivity index (χ2v) is 7.34. The van der Waals surface area contributed by atoms with Crippen LogP contribution in [0.1, 0.15) is 42.8 Å². The number of nitrogens with one attached hydrogen (secondary N) is 1. The molecule has 0 bridgehead atoms. The first-order valence-corrected chi connectivity index (χ1v) is 9.65. The molecule has 7 heteroatoms. The van der Waals surface area contributed by atoms with Crippen molar-refractivity contribution >= 4 is 23.2 Å². The molecule has 0 aliphatic carbocycles. The molecule has 2 amide bonds. The number of imidazole rings is 1. The van der Waals surface area contributed by atoms with E-state index >= 15 is 0 Å². The van der Waals surface area contributed by atoms with Crippen LogP contribution in [-0.2, 0) is 22.6 Å². The number of fused-ring (bicyclic) bond motifs is 1. The fourth-order valence-electron chi connectivity index (χ4n) is 3.06. The molecule has 3 heterocycles. The SMILES string of the molecule is CCCCC(=O)N1Cc2cncn2[C@H](C(=O)NCCc2cccs2)C1. The minimum atomic E-state index is -0.403. The van der Waals surface area contributed by atoms with Gasteiger partial charge in [-0.15, -0.1) is 11.3 Å². The standard InChI is InChI=1S/C18H24N4O2S/c1-2-3-6-17(23)21-11-14-10-19-13-22(14)16(12-21)18(24)20-8-7-15-5-4-9-25-15/h4-5,9-10,13,16H,2-3,6-8,11-12H2,1H3,(H,20,24)/t16-/m0/s1. The molecule has 0 aromatic carbocycles. The van der Waals surface area contributed by atoms with Crippen LogP contribution in [0.4, 0.5) is 0 Å². The Morgan fingerprint density at radius 3 is 3.08 bits per heavy atom. The summed E-state index contributed by atoms with van der Waals surface area (Å²) in [6, 6.07) is 3.68. The lowest BCUT2D eigenvalue weighted by Crippen LogP contribution is -2.46. The molecule has 1 aliphatic heterocycles. The van der Waals surface area contributed by atoms with Crippen LogP contribution in [0.5, 0.6) is 0 Å². The van der Waals surface area contributed by atoms with E-state index < -0.39 is 6.04 Å². The van der Waals surface area contributed by atoms with E-state index in [0.29, 0.717) is 26.1 Å². The first-order chi connectivity index (χ1) is 12.2. The van der Waals surface area contributed by atoms with Crippen molar-refractivity contribution < 1.29 is 9.59 Å². The third kappa shape index (κ3) is 4.28. The maximum atomic E-state index is 12.7. The zero-order valence-corrected chi connectivity index (χ0v) is 15.3. The predicted molar refractivity (Wildman–Crippen MR) is 97.2 cm³/mol. The molecule has 1 atom stereocenters. The topological polar surface area (TPSA) is 67.2 Å². The van der Waals surface area contributed by atoms with Gasteiger partial charge in [0, 0.05) is 24.0 Å². The molecule has 2 aromatic heterocycles. The number of hydrogen-bond donors (Lipinski definition) is 1. The highest BCUT2D eigenvalue weighted by atomic mass is 32.1. The first kappa shape index (κ1) is 17.7. The number of rotatable bonds is 7. The van der Waals surface area contributed by atoms with Gasteiger partial charge in [-0.1, -0.05) is 19.4 Å². The molecule has 134 valence electrons. The zero-order chi connectivity index (χ0) is 17.6. The molecule has 3 rings (SSSR count). The van der Waals surface area contributed by atoms with E-state index in [0.717, 1.165) is 25.0 Å². The zero-order valence-electron chi connectivity index (χ0n) is 14.5. The third-order valence-corrected chi connectivity index (χ3v) is 5.41. The molecule has 1 N–H and O–H groups in total. The van der Waals surface area contributed by atoms with Crippen molar-refractivity contribution in [3.8, 4) is 0 Å². The minimum absolute atomic E-state index is 0.0520. The van der Waals surface area contributed by atoms with Crippen molar-refractivity contribution in [2.75, 3.05) is 13.1 Å². The van der Waals surface area contributed by atoms with Gasteiger partial charge in [0.15, 0.2) is 0 Å². The summed E-state index contributed by atoms with van der Waals surface area (Å²) in [5.74, 6) is 0.0643. The molecule has 25 heavy (non-hydrogen) atoms. The van der Waals surface area contributed by atoms with Crippen LogP contribution in [0.25, 0.3) is 0 Å². The Hall–Kier alpha value is -2.15. The number of hydrogen-bond acceptors (Lipinski definition) is 4. The Balaban J connectivity index is 1.62. The number of carbonyl (C=O) groups excluding carboxylic acids is 2. The Bertz CT molecular complexity index is 710. The van der Waals surface area contributed by atoms with E-state index in [1.165, 1.54) is 4.88 Å². The van der Waals surface area contributed by atoms with Gasteiger partial charge in [0.1, 0.15) is 6.04 Å². The number of carbonyl (C=O) groups is 2. The average Bonchev–Trinajstić information content (AvgIpc) is 3.29. The van der Waals surface area contributed by atoms with Crippen LogP contribution in [0.15, 0.2) is 30.0 Å². The van der Waals surface area contributed by atoms with Crippen LogP contribution in [-0.4, -0.2) is 39.4 Å². The second-order valence-electron chi connectivity index (χ2n) is 6.31. The molecule has 2 aromatic rings. The van der Waals surface area contributed by atoms with Gasteiger partial charge in [0.25, 0.3) is 0 Å². The molecule has 0 saturated carbocycles. The van der Waals surface area contributed by atoms with Crippen LogP contribution in [0.3, 0.4) is 0 Å². The average molecular weight is 360 g/mol. The fraction of sp³-hybridized carbons (Fsp3) is 0.500. The maximum absolute atomic E-state index is 12.7. The molecule has 0 spiro atoms. The summed E-state index contributed by atoms with van der Waals surface area (Å²) in [6.07, 6.45) is 6.66. The second kappa shape index (κ2) is 8.29. The highest BCUT2D eigenvalue weighted by Crippen LogP contribution is 2.22. The number of amides is 2. The van der Waals surface area contributed by atoms with Gasteiger partial charge in [0.2, 0.25) is 11.8 Å². The molecule has 0 fully saturated rings. The fourth-order valence-corrected chi connectivity index (χ4v) is 3.77. The summed E-state index contributed by atoms with van der Waals surface area (Å²) in [5, 5.41) is 5.04. The van der Waals surface area contributed by atoms with E-state index in [4.69, 9.17) is 0 Å². The van der Waals surface area contributed by atoms with Crippen LogP contribution in [0, 0.1) is 0 Å². The number of unbranched alkanes of at least 4 members (excludes halogenated alkanes) is 1. The lowest BCUT2D eigenvalue weighted by molar-refractivity contribution is -0.135. The minimum Gasteiger partial charge on any atom is -0.354 e. The molecule has 6 nitrogen and oxygen atoms in total. The van der Waals surface area contributed by atoms with Crippen molar-refractivity contribution in [3.05, 3.63) is 40.6 Å². The highest BCUT2D eigenvalue weighted by molar-refractivity contribution is 7.09. The van der Waals surface area contributed by atoms with Crippen molar-refractivity contribution in [3.63, 3.8) is 0 Å². The summed E-state index contributed by atoms with van der Waals surface area (Å²) >= 11 is 1.69. The van der Waals surface area contributed by atoms with E-state index in [9.17, 15) is 9.59 Å². The Morgan fingerprint density at radius 1 is 1.44 bits per heavy atom. The molecular weight excluding hydrogens is 336 g/mol. The number of aromatic nitrogens is 2. The monoisotopic (exact) mass is 360 g/mol. The molecule has 0 unspecified atom stereocenters. The smallest absolute Gasteiger partial charge is 0.244 e. The van der Waals surface area contributed by atoms with Gasteiger partial charge in [-0.05, 0) is 24.3 Å². The Labute approximate surface area is 151 Å².